The van der Waals surface area contributed by atoms with Gasteiger partial charge in [-0.2, -0.15) is 0 Å². The Morgan fingerprint density at radius 2 is 2.15 bits per heavy atom. The molecule has 2 aromatic rings. The van der Waals surface area contributed by atoms with Crippen LogP contribution in [-0.2, 0) is 11.3 Å². The molecule has 0 amide bonds. The van der Waals surface area contributed by atoms with E-state index >= 15 is 0 Å². The van der Waals surface area contributed by atoms with Gasteiger partial charge in [-0.1, -0.05) is 12.1 Å². The third kappa shape index (κ3) is 2.31. The molecule has 2 heterocycles. The largest absolute Gasteiger partial charge is 0.477 e. The van der Waals surface area contributed by atoms with Gasteiger partial charge in [0.2, 0.25) is 0 Å². The van der Waals surface area contributed by atoms with Crippen LogP contribution in [-0.4, -0.2) is 28.9 Å². The number of aromatic nitrogens is 1. The molecular formula is C16H19NO3. The summed E-state index contributed by atoms with van der Waals surface area (Å²) >= 11 is 0. The SMILES string of the molecule is Cc1cccc2c1cc(C(=O)O)n2CC1CCOCC1. The Morgan fingerprint density at radius 1 is 1.40 bits per heavy atom. The fraction of sp³-hybridized carbons (Fsp3) is 0.438. The van der Waals surface area contributed by atoms with Gasteiger partial charge in [0.1, 0.15) is 5.69 Å². The molecule has 1 fully saturated rings. The zero-order valence-electron chi connectivity index (χ0n) is 11.6. The van der Waals surface area contributed by atoms with Gasteiger partial charge in [-0.05, 0) is 43.4 Å². The van der Waals surface area contributed by atoms with Crippen LogP contribution < -0.4 is 0 Å². The smallest absolute Gasteiger partial charge is 0.352 e. The first kappa shape index (κ1) is 13.2. The number of carboxylic acid groups (broad SMARTS) is 1. The first-order valence-electron chi connectivity index (χ1n) is 7.06. The van der Waals surface area contributed by atoms with E-state index < -0.39 is 5.97 Å². The summed E-state index contributed by atoms with van der Waals surface area (Å²) in [5, 5.41) is 10.5. The molecule has 0 unspecified atom stereocenters. The monoisotopic (exact) mass is 273 g/mol. The van der Waals surface area contributed by atoms with Crippen molar-refractivity contribution in [3.63, 3.8) is 0 Å². The summed E-state index contributed by atoms with van der Waals surface area (Å²) in [5.74, 6) is -0.356. The van der Waals surface area contributed by atoms with Gasteiger partial charge in [-0.25, -0.2) is 4.79 Å². The highest BCUT2D eigenvalue weighted by molar-refractivity contribution is 5.95. The van der Waals surface area contributed by atoms with E-state index in [1.807, 2.05) is 29.7 Å². The Bertz CT molecular complexity index is 638. The second-order valence-electron chi connectivity index (χ2n) is 5.51. The summed E-state index contributed by atoms with van der Waals surface area (Å²) in [4.78, 5) is 11.5. The van der Waals surface area contributed by atoms with E-state index in [1.165, 1.54) is 0 Å². The summed E-state index contributed by atoms with van der Waals surface area (Å²) in [5.41, 5.74) is 2.53. The quantitative estimate of drug-likeness (QED) is 0.935. The lowest BCUT2D eigenvalue weighted by Crippen LogP contribution is -2.22. The molecule has 1 aliphatic rings. The topological polar surface area (TPSA) is 51.5 Å². The lowest BCUT2D eigenvalue weighted by Gasteiger charge is -2.23. The number of carbonyl (C=O) groups is 1. The zero-order valence-corrected chi connectivity index (χ0v) is 11.6. The molecule has 1 N–H and O–H groups in total. The van der Waals surface area contributed by atoms with Crippen molar-refractivity contribution in [1.82, 2.24) is 4.57 Å². The van der Waals surface area contributed by atoms with Crippen LogP contribution in [0.25, 0.3) is 10.9 Å². The highest BCUT2D eigenvalue weighted by Crippen LogP contribution is 2.26. The van der Waals surface area contributed by atoms with Crippen LogP contribution in [0, 0.1) is 12.8 Å². The van der Waals surface area contributed by atoms with Crippen molar-refractivity contribution in [3.8, 4) is 0 Å². The number of carboxylic acids is 1. The highest BCUT2D eigenvalue weighted by Gasteiger charge is 2.20. The summed E-state index contributed by atoms with van der Waals surface area (Å²) in [6, 6.07) is 7.82. The van der Waals surface area contributed by atoms with Gasteiger partial charge < -0.3 is 14.4 Å². The minimum absolute atomic E-state index is 0.390. The normalized spacial score (nSPS) is 16.6. The third-order valence-electron chi connectivity index (χ3n) is 4.16. The maximum absolute atomic E-state index is 11.5. The number of aryl methyl sites for hydroxylation is 1. The van der Waals surface area contributed by atoms with E-state index in [1.54, 1.807) is 6.07 Å². The van der Waals surface area contributed by atoms with Crippen LogP contribution in [0.4, 0.5) is 0 Å². The maximum Gasteiger partial charge on any atom is 0.352 e. The summed E-state index contributed by atoms with van der Waals surface area (Å²) in [6.07, 6.45) is 2.01. The van der Waals surface area contributed by atoms with Gasteiger partial charge in [0.05, 0.1) is 0 Å². The Kier molecular flexibility index (Phi) is 3.49. The molecule has 1 aliphatic heterocycles. The van der Waals surface area contributed by atoms with Crippen LogP contribution in [0.15, 0.2) is 24.3 Å². The van der Waals surface area contributed by atoms with Crippen molar-refractivity contribution in [3.05, 3.63) is 35.5 Å². The van der Waals surface area contributed by atoms with Crippen LogP contribution in [0.1, 0.15) is 28.9 Å². The summed E-state index contributed by atoms with van der Waals surface area (Å²) < 4.78 is 7.34. The molecule has 0 spiro atoms. The number of benzene rings is 1. The van der Waals surface area contributed by atoms with E-state index in [4.69, 9.17) is 4.74 Å². The van der Waals surface area contributed by atoms with E-state index in [0.29, 0.717) is 11.6 Å². The van der Waals surface area contributed by atoms with E-state index in [-0.39, 0.29) is 0 Å². The van der Waals surface area contributed by atoms with E-state index in [0.717, 1.165) is 49.1 Å². The Hall–Kier alpha value is -1.81. The van der Waals surface area contributed by atoms with Gasteiger partial charge in [0.25, 0.3) is 0 Å². The van der Waals surface area contributed by atoms with Crippen molar-refractivity contribution in [2.75, 3.05) is 13.2 Å². The number of rotatable bonds is 3. The molecule has 0 atom stereocenters. The molecular weight excluding hydrogens is 254 g/mol. The second kappa shape index (κ2) is 5.29. The maximum atomic E-state index is 11.5. The first-order chi connectivity index (χ1) is 9.66. The molecule has 4 nitrogen and oxygen atoms in total. The molecule has 4 heteroatoms. The molecule has 0 radical (unpaired) electrons. The number of fused-ring (bicyclic) bond motifs is 1. The summed E-state index contributed by atoms with van der Waals surface area (Å²) in [6.45, 7) is 4.35. The highest BCUT2D eigenvalue weighted by atomic mass is 16.5. The van der Waals surface area contributed by atoms with Crippen LogP contribution in [0.3, 0.4) is 0 Å². The number of hydrogen-bond donors (Lipinski definition) is 1. The third-order valence-corrected chi connectivity index (χ3v) is 4.16. The molecule has 0 bridgehead atoms. The second-order valence-corrected chi connectivity index (χ2v) is 5.51. The van der Waals surface area contributed by atoms with Crippen molar-refractivity contribution in [2.45, 2.75) is 26.3 Å². The van der Waals surface area contributed by atoms with Crippen LogP contribution in [0.5, 0.6) is 0 Å². The van der Waals surface area contributed by atoms with Crippen molar-refractivity contribution >= 4 is 16.9 Å². The lowest BCUT2D eigenvalue weighted by atomic mass is 10.0. The minimum atomic E-state index is -0.854. The van der Waals surface area contributed by atoms with Gasteiger partial charge in [0.15, 0.2) is 0 Å². The Morgan fingerprint density at radius 3 is 2.85 bits per heavy atom. The van der Waals surface area contributed by atoms with Gasteiger partial charge >= 0.3 is 5.97 Å². The predicted octanol–water partition coefficient (Wildman–Crippen LogP) is 3.07. The fourth-order valence-corrected chi connectivity index (χ4v) is 2.99. The molecule has 1 aromatic heterocycles. The fourth-order valence-electron chi connectivity index (χ4n) is 2.99. The van der Waals surface area contributed by atoms with Crippen molar-refractivity contribution < 1.29 is 14.6 Å². The molecule has 1 aromatic carbocycles. The number of ether oxygens (including phenoxy) is 1. The van der Waals surface area contributed by atoms with E-state index in [2.05, 4.69) is 0 Å². The predicted molar refractivity (Wildman–Crippen MR) is 77.2 cm³/mol. The van der Waals surface area contributed by atoms with Crippen molar-refractivity contribution in [2.24, 2.45) is 5.92 Å². The van der Waals surface area contributed by atoms with Crippen molar-refractivity contribution in [1.29, 1.82) is 0 Å². The number of nitrogens with zero attached hydrogens (tertiary/aromatic N) is 1. The van der Waals surface area contributed by atoms with E-state index in [9.17, 15) is 9.90 Å². The molecule has 106 valence electrons. The number of aromatic carboxylic acids is 1. The molecule has 0 aliphatic carbocycles. The standard InChI is InChI=1S/C16H19NO3/c1-11-3-2-4-14-13(11)9-15(16(18)19)17(14)10-12-5-7-20-8-6-12/h2-4,9,12H,5-8,10H2,1H3,(H,18,19). The molecule has 0 saturated carbocycles. The Labute approximate surface area is 118 Å². The van der Waals surface area contributed by atoms with Gasteiger partial charge in [0, 0.05) is 30.7 Å². The average Bonchev–Trinajstić information content (AvgIpc) is 2.81. The van der Waals surface area contributed by atoms with Gasteiger partial charge in [-0.15, -0.1) is 0 Å². The average molecular weight is 273 g/mol. The molecule has 1 saturated heterocycles. The molecule has 20 heavy (non-hydrogen) atoms. The Balaban J connectivity index is 2.04. The van der Waals surface area contributed by atoms with Crippen LogP contribution in [0.2, 0.25) is 0 Å². The zero-order chi connectivity index (χ0) is 14.1. The lowest BCUT2D eigenvalue weighted by molar-refractivity contribution is 0.0597. The first-order valence-corrected chi connectivity index (χ1v) is 7.06. The van der Waals surface area contributed by atoms with Crippen LogP contribution >= 0.6 is 0 Å². The molecule has 3 rings (SSSR count). The van der Waals surface area contributed by atoms with Gasteiger partial charge in [-0.3, -0.25) is 0 Å². The minimum Gasteiger partial charge on any atom is -0.477 e. The summed E-state index contributed by atoms with van der Waals surface area (Å²) in [7, 11) is 0. The number of hydrogen-bond acceptors (Lipinski definition) is 2.